The summed E-state index contributed by atoms with van der Waals surface area (Å²) in [5.74, 6) is 0.110. The molecular formula is C10H12ClF2NO2. The van der Waals surface area contributed by atoms with Gasteiger partial charge in [-0.3, -0.25) is 4.79 Å². The minimum absolute atomic E-state index is 0. The first kappa shape index (κ1) is 14.8. The summed E-state index contributed by atoms with van der Waals surface area (Å²) in [6.07, 6.45) is -2.50. The maximum absolute atomic E-state index is 11.8. The summed E-state index contributed by atoms with van der Waals surface area (Å²) in [4.78, 5) is 11.1. The second kappa shape index (κ2) is 7.14. The Labute approximate surface area is 98.0 Å². The van der Waals surface area contributed by atoms with E-state index < -0.39 is 13.0 Å². The quantitative estimate of drug-likeness (QED) is 0.813. The summed E-state index contributed by atoms with van der Waals surface area (Å²) >= 11 is 0. The minimum atomic E-state index is -2.50. The van der Waals surface area contributed by atoms with Gasteiger partial charge in [-0.1, -0.05) is 0 Å². The normalized spacial score (nSPS) is 9.75. The van der Waals surface area contributed by atoms with E-state index >= 15 is 0 Å². The van der Waals surface area contributed by atoms with Crippen molar-refractivity contribution < 1.29 is 18.3 Å². The molecule has 0 atom stereocenters. The second-order valence-corrected chi connectivity index (χ2v) is 2.85. The number of nitrogens with two attached hydrogens (primary N) is 1. The number of ether oxygens (including phenoxy) is 1. The van der Waals surface area contributed by atoms with E-state index in [1.54, 1.807) is 0 Å². The van der Waals surface area contributed by atoms with Crippen LogP contribution in [0.3, 0.4) is 0 Å². The second-order valence-electron chi connectivity index (χ2n) is 2.85. The van der Waals surface area contributed by atoms with Crippen LogP contribution in [-0.2, 0) is 0 Å². The third kappa shape index (κ3) is 4.55. The summed E-state index contributed by atoms with van der Waals surface area (Å²) in [7, 11) is 0. The zero-order valence-electron chi connectivity index (χ0n) is 8.36. The number of carbonyl (C=O) groups excluding carboxylic acids is 1. The highest BCUT2D eigenvalue weighted by molar-refractivity contribution is 5.97. The van der Waals surface area contributed by atoms with Crippen LogP contribution in [0.5, 0.6) is 5.75 Å². The van der Waals surface area contributed by atoms with Crippen LogP contribution in [-0.4, -0.2) is 25.4 Å². The molecule has 3 nitrogen and oxygen atoms in total. The van der Waals surface area contributed by atoms with Gasteiger partial charge in [-0.25, -0.2) is 8.78 Å². The van der Waals surface area contributed by atoms with Crippen LogP contribution in [0, 0.1) is 0 Å². The topological polar surface area (TPSA) is 52.3 Å². The van der Waals surface area contributed by atoms with Crippen LogP contribution in [0.25, 0.3) is 0 Å². The summed E-state index contributed by atoms with van der Waals surface area (Å²) in [5.41, 5.74) is 5.61. The van der Waals surface area contributed by atoms with Gasteiger partial charge in [0.2, 0.25) is 0 Å². The monoisotopic (exact) mass is 251 g/mol. The number of alkyl halides is 2. The number of hydrogen-bond donors (Lipinski definition) is 1. The van der Waals surface area contributed by atoms with Gasteiger partial charge in [-0.05, 0) is 24.3 Å². The number of benzene rings is 1. The van der Waals surface area contributed by atoms with Gasteiger partial charge >= 0.3 is 0 Å². The number of halogens is 3. The average molecular weight is 252 g/mol. The molecule has 0 aliphatic rings. The Bertz CT molecular complexity index is 330. The molecule has 0 aliphatic carbocycles. The van der Waals surface area contributed by atoms with E-state index in [-0.39, 0.29) is 24.7 Å². The van der Waals surface area contributed by atoms with Crippen LogP contribution < -0.4 is 10.5 Å². The maximum atomic E-state index is 11.8. The molecule has 0 aliphatic heterocycles. The van der Waals surface area contributed by atoms with Gasteiger partial charge < -0.3 is 10.5 Å². The van der Waals surface area contributed by atoms with Crippen LogP contribution in [0.4, 0.5) is 8.78 Å². The Morgan fingerprint density at radius 1 is 1.31 bits per heavy atom. The van der Waals surface area contributed by atoms with Crippen molar-refractivity contribution in [3.05, 3.63) is 29.8 Å². The molecule has 2 N–H and O–H groups in total. The highest BCUT2D eigenvalue weighted by Crippen LogP contribution is 2.13. The SMILES string of the molecule is Cl.NCC(=O)c1ccc(OCC(F)F)cc1. The Kier molecular flexibility index (Phi) is 6.60. The first-order valence-corrected chi connectivity index (χ1v) is 4.37. The summed E-state index contributed by atoms with van der Waals surface area (Å²) < 4.78 is 28.3. The number of ketones is 1. The molecule has 1 aromatic rings. The number of carbonyl (C=O) groups is 1. The van der Waals surface area contributed by atoms with Crippen molar-refractivity contribution >= 4 is 18.2 Å². The number of hydrogen-bond acceptors (Lipinski definition) is 3. The molecule has 6 heteroatoms. The van der Waals surface area contributed by atoms with E-state index in [2.05, 4.69) is 0 Å². The fraction of sp³-hybridized carbons (Fsp3) is 0.300. The Morgan fingerprint density at radius 3 is 2.31 bits per heavy atom. The molecule has 1 aromatic carbocycles. The molecule has 0 bridgehead atoms. The summed E-state index contributed by atoms with van der Waals surface area (Å²) in [6.45, 7) is -0.721. The van der Waals surface area contributed by atoms with E-state index in [1.165, 1.54) is 24.3 Å². The van der Waals surface area contributed by atoms with Gasteiger partial charge in [0, 0.05) is 5.56 Å². The number of rotatable bonds is 5. The first-order valence-electron chi connectivity index (χ1n) is 4.37. The molecule has 0 aromatic heterocycles. The highest BCUT2D eigenvalue weighted by Gasteiger charge is 2.05. The van der Waals surface area contributed by atoms with E-state index in [1.807, 2.05) is 0 Å². The minimum Gasteiger partial charge on any atom is -0.488 e. The molecule has 0 saturated heterocycles. The van der Waals surface area contributed by atoms with Crippen molar-refractivity contribution in [2.24, 2.45) is 5.73 Å². The summed E-state index contributed by atoms with van der Waals surface area (Å²) in [5, 5.41) is 0. The van der Waals surface area contributed by atoms with Crippen molar-refractivity contribution in [3.8, 4) is 5.75 Å². The van der Waals surface area contributed by atoms with Crippen LogP contribution >= 0.6 is 12.4 Å². The van der Waals surface area contributed by atoms with Crippen molar-refractivity contribution in [2.75, 3.05) is 13.2 Å². The molecule has 0 unspecified atom stereocenters. The molecule has 0 fully saturated rings. The fourth-order valence-corrected chi connectivity index (χ4v) is 1.01. The molecular weight excluding hydrogens is 240 g/mol. The van der Waals surface area contributed by atoms with Gasteiger partial charge in [-0.2, -0.15) is 0 Å². The standard InChI is InChI=1S/C10H11F2NO2.ClH/c11-10(12)6-15-8-3-1-7(2-4-8)9(14)5-13;/h1-4,10H,5-6,13H2;1H. The lowest BCUT2D eigenvalue weighted by Gasteiger charge is -2.05. The van der Waals surface area contributed by atoms with Crippen LogP contribution in [0.2, 0.25) is 0 Å². The van der Waals surface area contributed by atoms with E-state index in [0.717, 1.165) is 0 Å². The van der Waals surface area contributed by atoms with Gasteiger partial charge in [0.05, 0.1) is 6.54 Å². The van der Waals surface area contributed by atoms with Crippen molar-refractivity contribution in [2.45, 2.75) is 6.43 Å². The molecule has 0 amide bonds. The predicted molar refractivity (Wildman–Crippen MR) is 58.6 cm³/mol. The predicted octanol–water partition coefficient (Wildman–Crippen LogP) is 1.89. The Balaban J connectivity index is 0.00000225. The van der Waals surface area contributed by atoms with Gasteiger partial charge in [-0.15, -0.1) is 12.4 Å². The maximum Gasteiger partial charge on any atom is 0.272 e. The molecule has 0 heterocycles. The van der Waals surface area contributed by atoms with Crippen molar-refractivity contribution in [1.82, 2.24) is 0 Å². The third-order valence-corrected chi connectivity index (χ3v) is 1.74. The van der Waals surface area contributed by atoms with Gasteiger partial charge in [0.15, 0.2) is 5.78 Å². The first-order chi connectivity index (χ1) is 7.13. The van der Waals surface area contributed by atoms with E-state index in [4.69, 9.17) is 10.5 Å². The average Bonchev–Trinajstić information content (AvgIpc) is 2.26. The number of Topliss-reactive ketones (excluding diaryl/α,β-unsaturated/α-hetero) is 1. The Hall–Kier alpha value is -1.20. The van der Waals surface area contributed by atoms with Crippen molar-refractivity contribution in [3.63, 3.8) is 0 Å². The zero-order valence-corrected chi connectivity index (χ0v) is 9.18. The highest BCUT2D eigenvalue weighted by atomic mass is 35.5. The van der Waals surface area contributed by atoms with Crippen molar-refractivity contribution in [1.29, 1.82) is 0 Å². The molecule has 1 rings (SSSR count). The summed E-state index contributed by atoms with van der Waals surface area (Å²) in [6, 6.07) is 5.92. The zero-order chi connectivity index (χ0) is 11.3. The lowest BCUT2D eigenvalue weighted by Crippen LogP contribution is -2.13. The molecule has 0 saturated carbocycles. The lowest BCUT2D eigenvalue weighted by molar-refractivity contribution is 0.0818. The van der Waals surface area contributed by atoms with Crippen LogP contribution in [0.15, 0.2) is 24.3 Å². The Morgan fingerprint density at radius 2 is 1.88 bits per heavy atom. The van der Waals surface area contributed by atoms with E-state index in [0.29, 0.717) is 11.3 Å². The van der Waals surface area contributed by atoms with Crippen LogP contribution in [0.1, 0.15) is 10.4 Å². The smallest absolute Gasteiger partial charge is 0.272 e. The molecule has 0 spiro atoms. The lowest BCUT2D eigenvalue weighted by atomic mass is 10.1. The molecule has 0 radical (unpaired) electrons. The van der Waals surface area contributed by atoms with E-state index in [9.17, 15) is 13.6 Å². The fourth-order valence-electron chi connectivity index (χ4n) is 1.01. The largest absolute Gasteiger partial charge is 0.488 e. The third-order valence-electron chi connectivity index (χ3n) is 1.74. The molecule has 90 valence electrons. The molecule has 16 heavy (non-hydrogen) atoms. The van der Waals surface area contributed by atoms with Gasteiger partial charge in [0.25, 0.3) is 6.43 Å². The van der Waals surface area contributed by atoms with Gasteiger partial charge in [0.1, 0.15) is 12.4 Å².